The molecule has 2 unspecified atom stereocenters. The lowest BCUT2D eigenvalue weighted by molar-refractivity contribution is -0.105. The molecule has 1 aromatic rings. The Morgan fingerprint density at radius 2 is 2.26 bits per heavy atom. The average molecular weight is 366 g/mol. The molecule has 0 heterocycles. The number of aldehydes is 1. The Kier molecular flexibility index (Phi) is 8.12. The zero-order valence-electron chi connectivity index (χ0n) is 16.7. The Balaban J connectivity index is 2.56. The van der Waals surface area contributed by atoms with Gasteiger partial charge in [0.05, 0.1) is 7.11 Å². The van der Waals surface area contributed by atoms with Crippen LogP contribution >= 0.6 is 0 Å². The summed E-state index contributed by atoms with van der Waals surface area (Å²) in [6.45, 7) is 8.28. The highest BCUT2D eigenvalue weighted by Crippen LogP contribution is 2.17. The summed E-state index contributed by atoms with van der Waals surface area (Å²) in [6, 6.07) is 6.29. The van der Waals surface area contributed by atoms with Crippen molar-refractivity contribution in [2.24, 2.45) is 5.92 Å². The van der Waals surface area contributed by atoms with E-state index in [1.807, 2.05) is 18.2 Å². The molecule has 3 heteroatoms. The fourth-order valence-corrected chi connectivity index (χ4v) is 3.24. The first-order valence-corrected chi connectivity index (χ1v) is 9.71. The maximum Gasteiger partial charge on any atom is 0.145 e. The van der Waals surface area contributed by atoms with Gasteiger partial charge in [-0.05, 0) is 54.5 Å². The Morgan fingerprint density at radius 3 is 2.93 bits per heavy atom. The minimum atomic E-state index is 0.159. The standard InChI is InChI=1S/C24H31NO2/c1-5-9-20-13-15-22(27-4)16-23(20)24(18(3)6-2)25-21-11-8-7-10-19(17-26)12-14-21/h5,8-9,11-13,15-18,21,25H,1,6-7,10,14H2,2-4H3/b11-8-,19-12+,20-9-,24-23+. The summed E-state index contributed by atoms with van der Waals surface area (Å²) in [4.78, 5) is 11.2. The van der Waals surface area contributed by atoms with Crippen molar-refractivity contribution in [3.05, 3.63) is 65.1 Å². The van der Waals surface area contributed by atoms with Crippen molar-refractivity contribution >= 4 is 18.1 Å². The second-order valence-electron chi connectivity index (χ2n) is 6.93. The van der Waals surface area contributed by atoms with E-state index in [1.54, 1.807) is 7.11 Å². The van der Waals surface area contributed by atoms with E-state index in [2.05, 4.69) is 56.1 Å². The predicted molar refractivity (Wildman–Crippen MR) is 114 cm³/mol. The zero-order chi connectivity index (χ0) is 19.6. The molecule has 0 saturated carbocycles. The monoisotopic (exact) mass is 365 g/mol. The van der Waals surface area contributed by atoms with Crippen LogP contribution in [0.25, 0.3) is 11.8 Å². The SMILES string of the molecule is C=C/C=c1/ccc(OC)c/c1=C(\NC1/C=C\CC/C(C=O)=C\C1)C(C)CC. The topological polar surface area (TPSA) is 38.3 Å². The number of ether oxygens (including phenoxy) is 1. The van der Waals surface area contributed by atoms with Gasteiger partial charge in [0.25, 0.3) is 0 Å². The second kappa shape index (κ2) is 10.6. The molecule has 3 nitrogen and oxygen atoms in total. The van der Waals surface area contributed by atoms with Crippen LogP contribution in [-0.4, -0.2) is 19.4 Å². The average Bonchev–Trinajstić information content (AvgIpc) is 2.68. The maximum absolute atomic E-state index is 11.2. The van der Waals surface area contributed by atoms with E-state index in [1.165, 1.54) is 5.70 Å². The normalized spacial score (nSPS) is 23.1. The summed E-state index contributed by atoms with van der Waals surface area (Å²) in [5, 5.41) is 6.00. The molecular weight excluding hydrogens is 334 g/mol. The number of carbonyl (C=O) groups excluding carboxylic acids is 1. The first kappa shape index (κ1) is 20.8. The first-order valence-electron chi connectivity index (χ1n) is 9.71. The number of carbonyl (C=O) groups is 1. The predicted octanol–water partition coefficient (Wildman–Crippen LogP) is 3.64. The van der Waals surface area contributed by atoms with Gasteiger partial charge in [-0.1, -0.05) is 56.9 Å². The van der Waals surface area contributed by atoms with Gasteiger partial charge in [0.15, 0.2) is 0 Å². The summed E-state index contributed by atoms with van der Waals surface area (Å²) in [5.41, 5.74) is 2.08. The number of allylic oxidation sites excluding steroid dienone is 3. The van der Waals surface area contributed by atoms with Gasteiger partial charge < -0.3 is 10.1 Å². The molecule has 27 heavy (non-hydrogen) atoms. The molecule has 1 N–H and O–H groups in total. The van der Waals surface area contributed by atoms with Crippen molar-refractivity contribution in [2.45, 2.75) is 45.6 Å². The van der Waals surface area contributed by atoms with Crippen molar-refractivity contribution in [3.8, 4) is 5.75 Å². The largest absolute Gasteiger partial charge is 0.497 e. The molecule has 1 aliphatic rings. The molecule has 0 radical (unpaired) electrons. The quantitative estimate of drug-likeness (QED) is 0.592. The van der Waals surface area contributed by atoms with E-state index >= 15 is 0 Å². The summed E-state index contributed by atoms with van der Waals surface area (Å²) in [6.07, 6.45) is 14.8. The van der Waals surface area contributed by atoms with Gasteiger partial charge >= 0.3 is 0 Å². The highest BCUT2D eigenvalue weighted by Gasteiger charge is 2.14. The number of benzene rings is 1. The highest BCUT2D eigenvalue weighted by molar-refractivity contribution is 5.73. The Hall–Kier alpha value is -2.55. The lowest BCUT2D eigenvalue weighted by atomic mass is 9.98. The maximum atomic E-state index is 11.2. The van der Waals surface area contributed by atoms with Crippen LogP contribution in [-0.2, 0) is 4.79 Å². The van der Waals surface area contributed by atoms with Gasteiger partial charge in [-0.25, -0.2) is 0 Å². The third kappa shape index (κ3) is 5.72. The molecule has 0 saturated heterocycles. The van der Waals surface area contributed by atoms with E-state index in [9.17, 15) is 4.79 Å². The smallest absolute Gasteiger partial charge is 0.145 e. The summed E-state index contributed by atoms with van der Waals surface area (Å²) >= 11 is 0. The molecule has 2 rings (SSSR count). The Bertz CT molecular complexity index is 832. The Morgan fingerprint density at radius 1 is 1.44 bits per heavy atom. The van der Waals surface area contributed by atoms with Crippen molar-refractivity contribution in [3.63, 3.8) is 0 Å². The third-order valence-corrected chi connectivity index (χ3v) is 5.05. The molecule has 2 atom stereocenters. The summed E-state index contributed by atoms with van der Waals surface area (Å²) in [7, 11) is 1.69. The fraction of sp³-hybridized carbons (Fsp3) is 0.375. The molecule has 0 aromatic heterocycles. The number of hydrogen-bond donors (Lipinski definition) is 1. The molecule has 1 aromatic carbocycles. The molecule has 0 bridgehead atoms. The van der Waals surface area contributed by atoms with E-state index < -0.39 is 0 Å². The highest BCUT2D eigenvalue weighted by atomic mass is 16.5. The fourth-order valence-electron chi connectivity index (χ4n) is 3.24. The van der Waals surface area contributed by atoms with E-state index in [-0.39, 0.29) is 6.04 Å². The van der Waals surface area contributed by atoms with Crippen LogP contribution in [0.4, 0.5) is 0 Å². The molecular formula is C24H31NO2. The van der Waals surface area contributed by atoms with Crippen LogP contribution in [0.1, 0.15) is 39.5 Å². The number of rotatable bonds is 7. The van der Waals surface area contributed by atoms with E-state index in [0.717, 1.165) is 53.7 Å². The van der Waals surface area contributed by atoms with Crippen LogP contribution in [0, 0.1) is 5.92 Å². The molecule has 0 spiro atoms. The van der Waals surface area contributed by atoms with Crippen LogP contribution in [0.3, 0.4) is 0 Å². The summed E-state index contributed by atoms with van der Waals surface area (Å²) in [5.74, 6) is 1.20. The lowest BCUT2D eigenvalue weighted by Gasteiger charge is -2.23. The van der Waals surface area contributed by atoms with Gasteiger partial charge in [-0.2, -0.15) is 0 Å². The molecule has 144 valence electrons. The number of methoxy groups -OCH3 is 1. The van der Waals surface area contributed by atoms with Gasteiger partial charge in [-0.15, -0.1) is 0 Å². The van der Waals surface area contributed by atoms with Gasteiger partial charge in [0.2, 0.25) is 0 Å². The third-order valence-electron chi connectivity index (χ3n) is 5.05. The minimum absolute atomic E-state index is 0.159. The zero-order valence-corrected chi connectivity index (χ0v) is 16.7. The summed E-state index contributed by atoms with van der Waals surface area (Å²) < 4.78 is 5.46. The first-order chi connectivity index (χ1) is 13.1. The molecule has 0 fully saturated rings. The van der Waals surface area contributed by atoms with E-state index in [4.69, 9.17) is 4.74 Å². The Labute approximate surface area is 162 Å². The number of nitrogens with one attached hydrogen (secondary N) is 1. The van der Waals surface area contributed by atoms with Crippen molar-refractivity contribution < 1.29 is 9.53 Å². The van der Waals surface area contributed by atoms with Crippen LogP contribution in [0.5, 0.6) is 5.75 Å². The van der Waals surface area contributed by atoms with Crippen LogP contribution in [0.2, 0.25) is 0 Å². The molecule has 0 aliphatic heterocycles. The van der Waals surface area contributed by atoms with Crippen LogP contribution < -0.4 is 20.5 Å². The van der Waals surface area contributed by atoms with Gasteiger partial charge in [0, 0.05) is 17.0 Å². The second-order valence-corrected chi connectivity index (χ2v) is 6.93. The number of hydrogen-bond acceptors (Lipinski definition) is 3. The molecule has 0 amide bonds. The van der Waals surface area contributed by atoms with Crippen LogP contribution in [0.15, 0.2) is 54.7 Å². The minimum Gasteiger partial charge on any atom is -0.497 e. The molecule has 1 aliphatic carbocycles. The lowest BCUT2D eigenvalue weighted by Crippen LogP contribution is -2.38. The van der Waals surface area contributed by atoms with Crippen molar-refractivity contribution in [1.82, 2.24) is 5.32 Å². The van der Waals surface area contributed by atoms with Gasteiger partial charge in [-0.3, -0.25) is 4.79 Å². The van der Waals surface area contributed by atoms with E-state index in [0.29, 0.717) is 5.92 Å². The van der Waals surface area contributed by atoms with Crippen molar-refractivity contribution in [1.29, 1.82) is 0 Å². The van der Waals surface area contributed by atoms with Gasteiger partial charge in [0.1, 0.15) is 12.0 Å². The van der Waals surface area contributed by atoms with Crippen molar-refractivity contribution in [2.75, 3.05) is 7.11 Å².